The Bertz CT molecular complexity index is 447. The molecule has 0 spiro atoms. The average molecular weight is 285 g/mol. The number of aliphatic hydroxyl groups is 1. The standard InChI is InChI=1S/C14H21ClN2O2/c1-4-6-11-7-10(8-12(15)17-11)13(18)16-9-14(3,19)5-2/h7-8,19H,4-6,9H2,1-3H3,(H,16,18). The first-order valence-corrected chi connectivity index (χ1v) is 6.93. The van der Waals surface area contributed by atoms with Gasteiger partial charge in [-0.1, -0.05) is 31.9 Å². The maximum Gasteiger partial charge on any atom is 0.251 e. The van der Waals surface area contributed by atoms with E-state index in [0.717, 1.165) is 18.5 Å². The van der Waals surface area contributed by atoms with Gasteiger partial charge in [-0.3, -0.25) is 4.79 Å². The number of carbonyl (C=O) groups is 1. The number of amides is 1. The normalized spacial score (nSPS) is 13.9. The van der Waals surface area contributed by atoms with E-state index in [0.29, 0.717) is 17.1 Å². The van der Waals surface area contributed by atoms with Crippen molar-refractivity contribution in [2.24, 2.45) is 0 Å². The molecule has 0 radical (unpaired) electrons. The molecule has 0 aliphatic carbocycles. The second-order valence-corrected chi connectivity index (χ2v) is 5.34. The molecule has 1 unspecified atom stereocenters. The van der Waals surface area contributed by atoms with Gasteiger partial charge in [0.1, 0.15) is 5.15 Å². The van der Waals surface area contributed by atoms with E-state index < -0.39 is 5.60 Å². The minimum absolute atomic E-state index is 0.214. The summed E-state index contributed by atoms with van der Waals surface area (Å²) in [6, 6.07) is 3.28. The van der Waals surface area contributed by atoms with Crippen LogP contribution in [0.1, 0.15) is 49.7 Å². The number of carbonyl (C=O) groups excluding carboxylic acids is 1. The van der Waals surface area contributed by atoms with Gasteiger partial charge in [-0.05, 0) is 31.9 Å². The van der Waals surface area contributed by atoms with Gasteiger partial charge in [0.15, 0.2) is 0 Å². The minimum atomic E-state index is -0.890. The lowest BCUT2D eigenvalue weighted by molar-refractivity contribution is 0.0518. The van der Waals surface area contributed by atoms with E-state index >= 15 is 0 Å². The molecule has 0 saturated carbocycles. The Morgan fingerprint density at radius 1 is 1.47 bits per heavy atom. The highest BCUT2D eigenvalue weighted by Crippen LogP contribution is 2.13. The summed E-state index contributed by atoms with van der Waals surface area (Å²) in [5.41, 5.74) is 0.399. The topological polar surface area (TPSA) is 62.2 Å². The lowest BCUT2D eigenvalue weighted by Crippen LogP contribution is -2.40. The zero-order valence-electron chi connectivity index (χ0n) is 11.7. The summed E-state index contributed by atoms with van der Waals surface area (Å²) in [6.45, 7) is 5.82. The molecule has 1 amide bonds. The molecule has 1 aromatic rings. The largest absolute Gasteiger partial charge is 0.388 e. The summed E-state index contributed by atoms with van der Waals surface area (Å²) in [5.74, 6) is -0.240. The number of nitrogens with zero attached hydrogens (tertiary/aromatic N) is 1. The molecule has 2 N–H and O–H groups in total. The molecular weight excluding hydrogens is 264 g/mol. The summed E-state index contributed by atoms with van der Waals surface area (Å²) in [5, 5.41) is 12.9. The number of hydrogen-bond acceptors (Lipinski definition) is 3. The molecule has 19 heavy (non-hydrogen) atoms. The Hall–Kier alpha value is -1.13. The molecule has 1 atom stereocenters. The predicted molar refractivity (Wildman–Crippen MR) is 76.5 cm³/mol. The van der Waals surface area contributed by atoms with Crippen LogP contribution in [0.3, 0.4) is 0 Å². The second kappa shape index (κ2) is 6.87. The Balaban J connectivity index is 2.76. The zero-order valence-corrected chi connectivity index (χ0v) is 12.4. The van der Waals surface area contributed by atoms with Crippen molar-refractivity contribution in [2.75, 3.05) is 6.54 Å². The molecule has 0 saturated heterocycles. The molecule has 0 bridgehead atoms. The zero-order chi connectivity index (χ0) is 14.5. The van der Waals surface area contributed by atoms with E-state index in [4.69, 9.17) is 11.6 Å². The number of aryl methyl sites for hydroxylation is 1. The number of hydrogen-bond donors (Lipinski definition) is 2. The van der Waals surface area contributed by atoms with Crippen LogP contribution in [0.2, 0.25) is 5.15 Å². The van der Waals surface area contributed by atoms with Gasteiger partial charge in [0.05, 0.1) is 5.60 Å². The van der Waals surface area contributed by atoms with Crippen LogP contribution in [-0.2, 0) is 6.42 Å². The van der Waals surface area contributed by atoms with E-state index in [1.54, 1.807) is 13.0 Å². The van der Waals surface area contributed by atoms with Gasteiger partial charge in [0.2, 0.25) is 0 Å². The number of rotatable bonds is 6. The van der Waals surface area contributed by atoms with Gasteiger partial charge in [-0.2, -0.15) is 0 Å². The van der Waals surface area contributed by atoms with Gasteiger partial charge < -0.3 is 10.4 Å². The smallest absolute Gasteiger partial charge is 0.251 e. The van der Waals surface area contributed by atoms with Crippen LogP contribution >= 0.6 is 11.6 Å². The van der Waals surface area contributed by atoms with E-state index in [-0.39, 0.29) is 12.5 Å². The first kappa shape index (κ1) is 15.9. The highest BCUT2D eigenvalue weighted by atomic mass is 35.5. The molecule has 5 heteroatoms. The van der Waals surface area contributed by atoms with Gasteiger partial charge in [0.25, 0.3) is 5.91 Å². The van der Waals surface area contributed by atoms with Crippen LogP contribution < -0.4 is 5.32 Å². The van der Waals surface area contributed by atoms with Crippen molar-refractivity contribution in [3.63, 3.8) is 0 Å². The van der Waals surface area contributed by atoms with E-state index in [1.807, 2.05) is 13.8 Å². The van der Waals surface area contributed by atoms with Gasteiger partial charge in [0, 0.05) is 17.8 Å². The summed E-state index contributed by atoms with van der Waals surface area (Å²) in [4.78, 5) is 16.2. The lowest BCUT2D eigenvalue weighted by Gasteiger charge is -2.21. The molecule has 1 heterocycles. The molecular formula is C14H21ClN2O2. The fraction of sp³-hybridized carbons (Fsp3) is 0.571. The third-order valence-corrected chi connectivity index (χ3v) is 3.20. The van der Waals surface area contributed by atoms with Crippen LogP contribution in [0.4, 0.5) is 0 Å². The minimum Gasteiger partial charge on any atom is -0.388 e. The third-order valence-electron chi connectivity index (χ3n) is 3.01. The predicted octanol–water partition coefficient (Wildman–Crippen LogP) is 2.58. The number of pyridine rings is 1. The highest BCUT2D eigenvalue weighted by molar-refractivity contribution is 6.29. The Kier molecular flexibility index (Phi) is 5.76. The first-order valence-electron chi connectivity index (χ1n) is 6.55. The van der Waals surface area contributed by atoms with Crippen molar-refractivity contribution < 1.29 is 9.90 Å². The average Bonchev–Trinajstić information content (AvgIpc) is 2.36. The molecule has 0 aliphatic rings. The van der Waals surface area contributed by atoms with E-state index in [2.05, 4.69) is 10.3 Å². The molecule has 0 aliphatic heterocycles. The van der Waals surface area contributed by atoms with Crippen molar-refractivity contribution in [1.82, 2.24) is 10.3 Å². The second-order valence-electron chi connectivity index (χ2n) is 4.95. The van der Waals surface area contributed by atoms with E-state index in [9.17, 15) is 9.90 Å². The lowest BCUT2D eigenvalue weighted by atomic mass is 10.0. The van der Waals surface area contributed by atoms with Crippen LogP contribution in [0, 0.1) is 0 Å². The number of aromatic nitrogens is 1. The van der Waals surface area contributed by atoms with Crippen LogP contribution in [0.25, 0.3) is 0 Å². The quantitative estimate of drug-likeness (QED) is 0.789. The van der Waals surface area contributed by atoms with E-state index in [1.165, 1.54) is 6.07 Å². The molecule has 1 aromatic heterocycles. The summed E-state index contributed by atoms with van der Waals surface area (Å²) in [6.07, 6.45) is 2.30. The summed E-state index contributed by atoms with van der Waals surface area (Å²) in [7, 11) is 0. The number of nitrogens with one attached hydrogen (secondary N) is 1. The van der Waals surface area contributed by atoms with Crippen LogP contribution in [-0.4, -0.2) is 28.1 Å². The van der Waals surface area contributed by atoms with Crippen molar-refractivity contribution in [3.05, 3.63) is 28.5 Å². The first-order chi connectivity index (χ1) is 8.88. The van der Waals surface area contributed by atoms with Crippen molar-refractivity contribution in [3.8, 4) is 0 Å². The Labute approximate surface area is 119 Å². The SMILES string of the molecule is CCCc1cc(C(=O)NCC(C)(O)CC)cc(Cl)n1. The third kappa shape index (κ3) is 5.17. The fourth-order valence-electron chi connectivity index (χ4n) is 1.56. The monoisotopic (exact) mass is 284 g/mol. The molecule has 4 nitrogen and oxygen atoms in total. The molecule has 0 fully saturated rings. The van der Waals surface area contributed by atoms with Crippen LogP contribution in [0.5, 0.6) is 0 Å². The highest BCUT2D eigenvalue weighted by Gasteiger charge is 2.19. The molecule has 1 rings (SSSR count). The van der Waals surface area contributed by atoms with Crippen molar-refractivity contribution in [1.29, 1.82) is 0 Å². The maximum absolute atomic E-state index is 12.0. The fourth-order valence-corrected chi connectivity index (χ4v) is 1.79. The molecule has 106 valence electrons. The number of halogens is 1. The molecule has 0 aromatic carbocycles. The van der Waals surface area contributed by atoms with Gasteiger partial charge in [-0.25, -0.2) is 4.98 Å². The van der Waals surface area contributed by atoms with Crippen molar-refractivity contribution in [2.45, 2.75) is 45.6 Å². The van der Waals surface area contributed by atoms with Gasteiger partial charge >= 0.3 is 0 Å². The van der Waals surface area contributed by atoms with Crippen LogP contribution in [0.15, 0.2) is 12.1 Å². The van der Waals surface area contributed by atoms with Crippen molar-refractivity contribution >= 4 is 17.5 Å². The Morgan fingerprint density at radius 3 is 2.74 bits per heavy atom. The van der Waals surface area contributed by atoms with Gasteiger partial charge in [-0.15, -0.1) is 0 Å². The summed E-state index contributed by atoms with van der Waals surface area (Å²) >= 11 is 5.91. The maximum atomic E-state index is 12.0. The Morgan fingerprint density at radius 2 is 2.16 bits per heavy atom. The summed E-state index contributed by atoms with van der Waals surface area (Å²) < 4.78 is 0.